The van der Waals surface area contributed by atoms with Crippen LogP contribution in [0.25, 0.3) is 21.4 Å². The van der Waals surface area contributed by atoms with Crippen LogP contribution in [0.15, 0.2) is 38.9 Å². The van der Waals surface area contributed by atoms with Crippen molar-refractivity contribution in [1.82, 2.24) is 0 Å². The molecule has 0 bridgehead atoms. The van der Waals surface area contributed by atoms with E-state index < -0.39 is 0 Å². The van der Waals surface area contributed by atoms with Crippen molar-refractivity contribution < 1.29 is 9.15 Å². The minimum absolute atomic E-state index is 0.0308. The van der Waals surface area contributed by atoms with Gasteiger partial charge in [0.25, 0.3) is 0 Å². The van der Waals surface area contributed by atoms with Gasteiger partial charge in [0.2, 0.25) is 5.43 Å². The highest BCUT2D eigenvalue weighted by molar-refractivity contribution is 7.17. The number of rotatable bonds is 4. The Morgan fingerprint density at radius 1 is 1.19 bits per heavy atom. The van der Waals surface area contributed by atoms with Crippen molar-refractivity contribution in [3.8, 4) is 11.1 Å². The summed E-state index contributed by atoms with van der Waals surface area (Å²) in [5, 5.41) is 2.03. The number of hydrogen-bond acceptors (Lipinski definition) is 5. The molecule has 1 aliphatic heterocycles. The number of aryl methyl sites for hydroxylation is 2. The average molecular weight is 369 g/mol. The van der Waals surface area contributed by atoms with Crippen LogP contribution in [0.1, 0.15) is 24.5 Å². The Hall–Kier alpha value is -2.11. The Bertz CT molecular complexity index is 983. The predicted molar refractivity (Wildman–Crippen MR) is 108 cm³/mol. The molecule has 1 aliphatic rings. The lowest BCUT2D eigenvalue weighted by Gasteiger charge is -2.27. The summed E-state index contributed by atoms with van der Waals surface area (Å²) in [6.45, 7) is 7.17. The van der Waals surface area contributed by atoms with Gasteiger partial charge in [-0.1, -0.05) is 31.5 Å². The molecule has 2 aromatic heterocycles. The molecule has 0 N–H and O–H groups in total. The van der Waals surface area contributed by atoms with Crippen LogP contribution >= 0.6 is 11.3 Å². The fourth-order valence-corrected chi connectivity index (χ4v) is 4.39. The third-order valence-electron chi connectivity index (χ3n) is 4.93. The standard InChI is InChI=1S/C21H23NO3S/c1-3-4-15-5-6-16(11-14(15)2)17-13-26-21-18(23)12-19(25-20(17)21)22-7-9-24-10-8-22/h5-6,11-13H,3-4,7-10H2,1-2H3. The number of nitrogens with zero attached hydrogens (tertiary/aromatic N) is 1. The quantitative estimate of drug-likeness (QED) is 0.673. The Morgan fingerprint density at radius 2 is 2.00 bits per heavy atom. The number of thiophene rings is 1. The van der Waals surface area contributed by atoms with Crippen LogP contribution in [0.3, 0.4) is 0 Å². The zero-order valence-electron chi connectivity index (χ0n) is 15.2. The van der Waals surface area contributed by atoms with Crippen molar-refractivity contribution in [2.24, 2.45) is 0 Å². The first-order valence-corrected chi connectivity index (χ1v) is 10.0. The van der Waals surface area contributed by atoms with Gasteiger partial charge < -0.3 is 14.1 Å². The van der Waals surface area contributed by atoms with Crippen LogP contribution < -0.4 is 10.3 Å². The third kappa shape index (κ3) is 3.17. The van der Waals surface area contributed by atoms with Crippen LogP contribution in [-0.2, 0) is 11.2 Å². The molecule has 4 rings (SSSR count). The molecule has 1 aromatic carbocycles. The second-order valence-corrected chi connectivity index (χ2v) is 7.63. The number of anilines is 1. The zero-order chi connectivity index (χ0) is 18.1. The first kappa shape index (κ1) is 17.3. The van der Waals surface area contributed by atoms with Gasteiger partial charge in [-0.25, -0.2) is 0 Å². The van der Waals surface area contributed by atoms with Gasteiger partial charge in [-0.15, -0.1) is 11.3 Å². The molecule has 0 atom stereocenters. The summed E-state index contributed by atoms with van der Waals surface area (Å²) < 4.78 is 12.3. The van der Waals surface area contributed by atoms with E-state index in [1.807, 2.05) is 5.38 Å². The van der Waals surface area contributed by atoms with Gasteiger partial charge in [-0.2, -0.15) is 0 Å². The number of ether oxygens (including phenoxy) is 1. The number of hydrogen-bond donors (Lipinski definition) is 0. The molecule has 26 heavy (non-hydrogen) atoms. The summed E-state index contributed by atoms with van der Waals surface area (Å²) in [6.07, 6.45) is 2.23. The lowest BCUT2D eigenvalue weighted by molar-refractivity contribution is 0.121. The Morgan fingerprint density at radius 3 is 2.73 bits per heavy atom. The summed E-state index contributed by atoms with van der Waals surface area (Å²) in [6, 6.07) is 8.15. The molecule has 136 valence electrons. The highest BCUT2D eigenvalue weighted by Gasteiger charge is 2.18. The van der Waals surface area contributed by atoms with E-state index in [-0.39, 0.29) is 5.43 Å². The first-order valence-electron chi connectivity index (χ1n) is 9.15. The molecule has 0 unspecified atom stereocenters. The van der Waals surface area contributed by atoms with Gasteiger partial charge in [0.1, 0.15) is 4.70 Å². The largest absolute Gasteiger partial charge is 0.439 e. The van der Waals surface area contributed by atoms with Gasteiger partial charge in [0.15, 0.2) is 11.5 Å². The maximum atomic E-state index is 12.6. The summed E-state index contributed by atoms with van der Waals surface area (Å²) in [4.78, 5) is 14.7. The highest BCUT2D eigenvalue weighted by atomic mass is 32.1. The Labute approximate surface area is 157 Å². The van der Waals surface area contributed by atoms with Crippen molar-refractivity contribution in [2.75, 3.05) is 31.2 Å². The van der Waals surface area contributed by atoms with Gasteiger partial charge in [0.05, 0.1) is 13.2 Å². The normalized spacial score (nSPS) is 14.9. The van der Waals surface area contributed by atoms with Gasteiger partial charge in [0, 0.05) is 30.1 Å². The molecule has 0 saturated carbocycles. The molecule has 0 amide bonds. The van der Waals surface area contributed by atoms with Crippen LogP contribution in [0.2, 0.25) is 0 Å². The molecule has 4 nitrogen and oxygen atoms in total. The van der Waals surface area contributed by atoms with E-state index in [0.717, 1.165) is 37.1 Å². The van der Waals surface area contributed by atoms with E-state index in [1.165, 1.54) is 22.5 Å². The molecule has 1 fully saturated rings. The fourth-order valence-electron chi connectivity index (χ4n) is 3.48. The lowest BCUT2D eigenvalue weighted by atomic mass is 9.99. The molecule has 0 radical (unpaired) electrons. The molecular weight excluding hydrogens is 346 g/mol. The smallest absolute Gasteiger partial charge is 0.204 e. The summed E-state index contributed by atoms with van der Waals surface area (Å²) in [5.74, 6) is 0.643. The molecule has 0 spiro atoms. The van der Waals surface area contributed by atoms with Crippen LogP contribution in [-0.4, -0.2) is 26.3 Å². The Kier molecular flexibility index (Phi) is 4.83. The summed E-state index contributed by atoms with van der Waals surface area (Å²) in [7, 11) is 0. The zero-order valence-corrected chi connectivity index (χ0v) is 16.0. The van der Waals surface area contributed by atoms with E-state index in [1.54, 1.807) is 6.07 Å². The van der Waals surface area contributed by atoms with Crippen LogP contribution in [0, 0.1) is 6.92 Å². The van der Waals surface area contributed by atoms with Crippen molar-refractivity contribution in [3.05, 3.63) is 51.0 Å². The minimum Gasteiger partial charge on any atom is -0.439 e. The van der Waals surface area contributed by atoms with E-state index in [4.69, 9.17) is 9.15 Å². The van der Waals surface area contributed by atoms with E-state index in [2.05, 4.69) is 36.9 Å². The molecule has 0 aliphatic carbocycles. The number of fused-ring (bicyclic) bond motifs is 1. The maximum Gasteiger partial charge on any atom is 0.204 e. The molecule has 5 heteroatoms. The second kappa shape index (κ2) is 7.25. The van der Waals surface area contributed by atoms with Crippen LogP contribution in [0.4, 0.5) is 5.88 Å². The molecule has 3 aromatic rings. The van der Waals surface area contributed by atoms with Gasteiger partial charge in [-0.3, -0.25) is 4.79 Å². The highest BCUT2D eigenvalue weighted by Crippen LogP contribution is 2.35. The number of morpholine rings is 1. The SMILES string of the molecule is CCCc1ccc(-c2csc3c(=O)cc(N4CCOCC4)oc23)cc1C. The third-order valence-corrected chi connectivity index (χ3v) is 5.90. The van der Waals surface area contributed by atoms with E-state index >= 15 is 0 Å². The first-order chi connectivity index (χ1) is 12.7. The average Bonchev–Trinajstić information content (AvgIpc) is 3.09. The minimum atomic E-state index is 0.0308. The van der Waals surface area contributed by atoms with E-state index in [9.17, 15) is 4.79 Å². The fraction of sp³-hybridized carbons (Fsp3) is 0.381. The maximum absolute atomic E-state index is 12.6. The molecule has 1 saturated heterocycles. The predicted octanol–water partition coefficient (Wildman–Crippen LogP) is 4.62. The monoisotopic (exact) mass is 369 g/mol. The summed E-state index contributed by atoms with van der Waals surface area (Å²) >= 11 is 1.46. The number of benzene rings is 1. The Balaban J connectivity index is 1.79. The van der Waals surface area contributed by atoms with Crippen molar-refractivity contribution >= 4 is 27.5 Å². The van der Waals surface area contributed by atoms with Crippen LogP contribution in [0.5, 0.6) is 0 Å². The summed E-state index contributed by atoms with van der Waals surface area (Å²) in [5.41, 5.74) is 5.51. The van der Waals surface area contributed by atoms with Crippen molar-refractivity contribution in [2.45, 2.75) is 26.7 Å². The van der Waals surface area contributed by atoms with Crippen molar-refractivity contribution in [3.63, 3.8) is 0 Å². The lowest BCUT2D eigenvalue weighted by Crippen LogP contribution is -2.36. The van der Waals surface area contributed by atoms with Crippen molar-refractivity contribution in [1.29, 1.82) is 0 Å². The van der Waals surface area contributed by atoms with Gasteiger partial charge >= 0.3 is 0 Å². The second-order valence-electron chi connectivity index (χ2n) is 6.75. The van der Waals surface area contributed by atoms with Gasteiger partial charge in [-0.05, 0) is 30.0 Å². The van der Waals surface area contributed by atoms with E-state index in [0.29, 0.717) is 29.4 Å². The topological polar surface area (TPSA) is 42.7 Å². The molecule has 3 heterocycles. The molecular formula is C21H23NO3S.